The van der Waals surface area contributed by atoms with Crippen LogP contribution in [-0.2, 0) is 14.3 Å². The third-order valence-electron chi connectivity index (χ3n) is 8.43. The molecule has 0 radical (unpaired) electrons. The average molecular weight is 634 g/mol. The second kappa shape index (κ2) is 33.4. The van der Waals surface area contributed by atoms with Crippen LogP contribution in [0.5, 0.6) is 0 Å². The van der Waals surface area contributed by atoms with Gasteiger partial charge < -0.3 is 20.4 Å². The molecule has 1 rings (SSSR count). The summed E-state index contributed by atoms with van der Waals surface area (Å²) < 4.78 is 5.62. The van der Waals surface area contributed by atoms with Gasteiger partial charge in [0.1, 0.15) is 13.1 Å². The van der Waals surface area contributed by atoms with E-state index in [2.05, 4.69) is 37.5 Å². The molecule has 1 aliphatic heterocycles. The number of quaternary nitrogens is 1. The molecule has 0 aromatic rings. The fourth-order valence-electron chi connectivity index (χ4n) is 5.54. The minimum Gasteiger partial charge on any atom is -0.550 e. The van der Waals surface area contributed by atoms with Crippen molar-refractivity contribution in [3.05, 3.63) is 24.6 Å². The Balaban J connectivity index is 0.000000884. The molecule has 0 saturated carbocycles. The molecule has 45 heavy (non-hydrogen) atoms. The third-order valence-corrected chi connectivity index (χ3v) is 8.43. The largest absolute Gasteiger partial charge is 0.550 e. The lowest BCUT2D eigenvalue weighted by Gasteiger charge is -2.24. The van der Waals surface area contributed by atoms with Crippen LogP contribution >= 0.6 is 0 Å². The van der Waals surface area contributed by atoms with Gasteiger partial charge in [0.05, 0.1) is 25.4 Å². The molecular weight excluding hydrogens is 562 g/mol. The molecule has 7 heteroatoms. The van der Waals surface area contributed by atoms with E-state index in [0.29, 0.717) is 0 Å². The van der Waals surface area contributed by atoms with E-state index in [9.17, 15) is 14.7 Å². The van der Waals surface area contributed by atoms with Crippen molar-refractivity contribution in [3.63, 3.8) is 0 Å². The van der Waals surface area contributed by atoms with Crippen LogP contribution in [0, 0.1) is 0 Å². The fraction of sp³-hybridized carbons (Fsp3) is 0.816. The van der Waals surface area contributed by atoms with Crippen LogP contribution < -0.4 is 10.8 Å². The predicted molar refractivity (Wildman–Crippen MR) is 189 cm³/mol. The van der Waals surface area contributed by atoms with Gasteiger partial charge in [-0.05, 0) is 44.3 Å². The number of nitrogens with zero attached hydrogens (tertiary/aromatic N) is 2. The summed E-state index contributed by atoms with van der Waals surface area (Å²) in [5.74, 6) is -1.76. The molecule has 0 bridgehead atoms. The first-order valence-corrected chi connectivity index (χ1v) is 18.8. The van der Waals surface area contributed by atoms with E-state index in [1.807, 2.05) is 6.08 Å². The standard InChI is InChI=1S/C22H44N3.C16H28O4/c1-2-3-4-5-6-7-8-9-10-11-12-13-14-15-16-19-25(20-17-23)21-18-24-22-25;1-2-3-4-5-6-7-8-9-10-11-14-20-16(19)13-12-15(17)18/h16,19,22H,2-15,17-18,20-21,23H2,1H3;11,14H,2-10,12-13H2,1H3,(H,17,18)/q+1;/p-1. The molecule has 0 saturated heterocycles. The van der Waals surface area contributed by atoms with Crippen molar-refractivity contribution in [1.29, 1.82) is 0 Å². The summed E-state index contributed by atoms with van der Waals surface area (Å²) in [4.78, 5) is 25.6. The van der Waals surface area contributed by atoms with Crippen LogP contribution in [0.15, 0.2) is 29.6 Å². The molecule has 1 heterocycles. The molecule has 0 aliphatic carbocycles. The molecule has 1 atom stereocenters. The van der Waals surface area contributed by atoms with Gasteiger partial charge in [0, 0.05) is 12.5 Å². The molecule has 0 spiro atoms. The number of aliphatic carboxylic acids is 1. The van der Waals surface area contributed by atoms with Gasteiger partial charge in [0.15, 0.2) is 6.34 Å². The normalized spacial score (nSPS) is 16.0. The van der Waals surface area contributed by atoms with E-state index in [0.717, 1.165) is 43.5 Å². The van der Waals surface area contributed by atoms with E-state index in [1.165, 1.54) is 141 Å². The highest BCUT2D eigenvalue weighted by molar-refractivity contribution is 5.75. The van der Waals surface area contributed by atoms with Crippen molar-refractivity contribution in [3.8, 4) is 0 Å². The Morgan fingerprint density at radius 1 is 0.733 bits per heavy atom. The Bertz CT molecular complexity index is 768. The van der Waals surface area contributed by atoms with Gasteiger partial charge in [-0.1, -0.05) is 136 Å². The van der Waals surface area contributed by atoms with Gasteiger partial charge in [0.2, 0.25) is 0 Å². The SMILES string of the molecule is CCCCCCCCCCC=COC(=O)CCC(=O)[O-].CCCCCCCCCCCCCCCC=C[N+]1(CCN)C=NCC1. The van der Waals surface area contributed by atoms with Gasteiger partial charge in [-0.15, -0.1) is 0 Å². The van der Waals surface area contributed by atoms with Crippen molar-refractivity contribution in [1.82, 2.24) is 0 Å². The number of allylic oxidation sites excluding steroid dienone is 2. The van der Waals surface area contributed by atoms with Crippen molar-refractivity contribution in [2.75, 3.05) is 26.2 Å². The number of carbonyl (C=O) groups excluding carboxylic acids is 2. The zero-order valence-electron chi connectivity index (χ0n) is 29.5. The summed E-state index contributed by atoms with van der Waals surface area (Å²) in [6.45, 7) is 8.26. The number of aliphatic imine (C=N–C) groups is 1. The van der Waals surface area contributed by atoms with Crippen molar-refractivity contribution in [2.45, 2.75) is 174 Å². The number of hydrogen-bond acceptors (Lipinski definition) is 6. The molecule has 1 unspecified atom stereocenters. The van der Waals surface area contributed by atoms with Crippen LogP contribution in [0.4, 0.5) is 0 Å². The highest BCUT2D eigenvalue weighted by Crippen LogP contribution is 2.15. The second-order valence-electron chi connectivity index (χ2n) is 12.8. The van der Waals surface area contributed by atoms with Crippen molar-refractivity contribution < 1.29 is 23.9 Å². The summed E-state index contributed by atoms with van der Waals surface area (Å²) in [7, 11) is 0. The molecule has 0 aromatic carbocycles. The molecule has 0 aromatic heterocycles. The number of nitrogens with two attached hydrogens (primary N) is 1. The van der Waals surface area contributed by atoms with Crippen LogP contribution in [0.2, 0.25) is 0 Å². The van der Waals surface area contributed by atoms with Crippen LogP contribution in [-0.4, -0.2) is 48.9 Å². The topological polar surface area (TPSA) is 105 Å². The third kappa shape index (κ3) is 30.4. The number of esters is 1. The lowest BCUT2D eigenvalue weighted by molar-refractivity contribution is -0.772. The lowest BCUT2D eigenvalue weighted by Crippen LogP contribution is -2.43. The Hall–Kier alpha value is -1.99. The monoisotopic (exact) mass is 634 g/mol. The van der Waals surface area contributed by atoms with Crippen LogP contribution in [0.1, 0.15) is 174 Å². The van der Waals surface area contributed by atoms with Gasteiger partial charge in [-0.2, -0.15) is 0 Å². The van der Waals surface area contributed by atoms with E-state index >= 15 is 0 Å². The molecule has 0 amide bonds. The van der Waals surface area contributed by atoms with E-state index < -0.39 is 11.9 Å². The Morgan fingerprint density at radius 2 is 1.20 bits per heavy atom. The van der Waals surface area contributed by atoms with Gasteiger partial charge in [-0.3, -0.25) is 9.28 Å². The first kappa shape index (κ1) is 43.0. The Kier molecular flexibility index (Phi) is 31.9. The smallest absolute Gasteiger partial charge is 0.310 e. The van der Waals surface area contributed by atoms with Crippen molar-refractivity contribution >= 4 is 18.3 Å². The maximum Gasteiger partial charge on any atom is 0.310 e. The minimum absolute atomic E-state index is 0.134. The zero-order chi connectivity index (χ0) is 33.1. The number of hydrogen-bond donors (Lipinski definition) is 1. The van der Waals surface area contributed by atoms with Crippen LogP contribution in [0.3, 0.4) is 0 Å². The second-order valence-corrected chi connectivity index (χ2v) is 12.8. The van der Waals surface area contributed by atoms with Gasteiger partial charge in [0.25, 0.3) is 0 Å². The quantitative estimate of drug-likeness (QED) is 0.0368. The van der Waals surface area contributed by atoms with Crippen molar-refractivity contribution in [2.24, 2.45) is 10.7 Å². The highest BCUT2D eigenvalue weighted by atomic mass is 16.5. The maximum absolute atomic E-state index is 11.0. The summed E-state index contributed by atoms with van der Waals surface area (Å²) in [5, 5.41) is 10.1. The molecule has 0 fully saturated rings. The average Bonchev–Trinajstić information content (AvgIpc) is 3.49. The fourth-order valence-corrected chi connectivity index (χ4v) is 5.54. The summed E-state index contributed by atoms with van der Waals surface area (Å²) in [5.41, 5.74) is 5.74. The Labute approximate surface area is 277 Å². The molecule has 1 aliphatic rings. The number of ether oxygens (including phenoxy) is 1. The molecule has 2 N–H and O–H groups in total. The van der Waals surface area contributed by atoms with Gasteiger partial charge in [-0.25, -0.2) is 4.99 Å². The Morgan fingerprint density at radius 3 is 1.62 bits per heavy atom. The van der Waals surface area contributed by atoms with Gasteiger partial charge >= 0.3 is 5.97 Å². The van der Waals surface area contributed by atoms with E-state index in [-0.39, 0.29) is 12.8 Å². The number of unbranched alkanes of at least 4 members (excludes halogenated alkanes) is 21. The number of carboxylic acids is 1. The minimum atomic E-state index is -1.23. The summed E-state index contributed by atoms with van der Waals surface area (Å²) >= 11 is 0. The molecule has 7 nitrogen and oxygen atoms in total. The number of carboxylic acid groups (broad SMARTS) is 1. The van der Waals surface area contributed by atoms with Crippen LogP contribution in [0.25, 0.3) is 0 Å². The first-order valence-electron chi connectivity index (χ1n) is 18.8. The molecular formula is C38H71N3O4. The molecule has 262 valence electrons. The lowest BCUT2D eigenvalue weighted by atomic mass is 10.0. The summed E-state index contributed by atoms with van der Waals surface area (Å²) in [6, 6.07) is 0. The number of carbonyl (C=O) groups is 2. The number of rotatable bonds is 30. The predicted octanol–water partition coefficient (Wildman–Crippen LogP) is 8.90. The maximum atomic E-state index is 11.0. The van der Waals surface area contributed by atoms with E-state index in [1.54, 1.807) is 0 Å². The van der Waals surface area contributed by atoms with E-state index in [4.69, 9.17) is 10.5 Å². The highest BCUT2D eigenvalue weighted by Gasteiger charge is 2.25. The first-order chi connectivity index (χ1) is 22.0. The summed E-state index contributed by atoms with van der Waals surface area (Å²) in [6.07, 6.45) is 40.3. The zero-order valence-corrected chi connectivity index (χ0v) is 29.5.